The van der Waals surface area contributed by atoms with Crippen LogP contribution in [0.2, 0.25) is 0 Å². The molecule has 1 aromatic rings. The average Bonchev–Trinajstić information content (AvgIpc) is 2.73. The molecule has 0 aliphatic carbocycles. The third-order valence-electron chi connectivity index (χ3n) is 2.68. The standard InChI is InChI=1S/C11H10F3NO3S/c1-19(17)8-4-2-7(3-5-8)9-6-10(16,18-15-9)11(12,13)14/h2-5,16H,6H2,1H3. The molecular formula is C11H10F3NO3S. The zero-order valence-electron chi connectivity index (χ0n) is 9.77. The topological polar surface area (TPSA) is 58.9 Å². The molecule has 0 amide bonds. The zero-order chi connectivity index (χ0) is 14.3. The molecule has 0 saturated carbocycles. The van der Waals surface area contributed by atoms with E-state index in [1.54, 1.807) is 0 Å². The number of halogens is 3. The number of rotatable bonds is 2. The summed E-state index contributed by atoms with van der Waals surface area (Å²) >= 11 is 0. The van der Waals surface area contributed by atoms with Gasteiger partial charge < -0.3 is 9.94 Å². The first-order valence-electron chi connectivity index (χ1n) is 5.21. The first-order chi connectivity index (χ1) is 8.73. The molecule has 0 bridgehead atoms. The molecule has 0 spiro atoms. The van der Waals surface area contributed by atoms with E-state index < -0.39 is 29.2 Å². The second-order valence-electron chi connectivity index (χ2n) is 4.07. The molecule has 1 aliphatic heterocycles. The summed E-state index contributed by atoms with van der Waals surface area (Å²) in [5, 5.41) is 12.6. The number of oxime groups is 1. The van der Waals surface area contributed by atoms with Crippen molar-refractivity contribution in [1.82, 2.24) is 0 Å². The molecule has 0 radical (unpaired) electrons. The van der Waals surface area contributed by atoms with Gasteiger partial charge in [0.25, 0.3) is 0 Å². The minimum absolute atomic E-state index is 0.00624. The molecule has 2 atom stereocenters. The van der Waals surface area contributed by atoms with Crippen molar-refractivity contribution >= 4 is 16.5 Å². The third kappa shape index (κ3) is 2.64. The molecule has 104 valence electrons. The number of aliphatic hydroxyl groups is 1. The van der Waals surface area contributed by atoms with Crippen molar-refractivity contribution < 1.29 is 27.3 Å². The van der Waals surface area contributed by atoms with E-state index in [0.717, 1.165) is 0 Å². The van der Waals surface area contributed by atoms with E-state index in [4.69, 9.17) is 0 Å². The Morgan fingerprint density at radius 2 is 1.95 bits per heavy atom. The highest BCUT2D eigenvalue weighted by Gasteiger charge is 2.60. The Bertz CT molecular complexity index is 541. The Morgan fingerprint density at radius 1 is 1.37 bits per heavy atom. The van der Waals surface area contributed by atoms with Gasteiger partial charge in [0.1, 0.15) is 0 Å². The molecule has 2 rings (SSSR count). The molecule has 0 fully saturated rings. The first-order valence-corrected chi connectivity index (χ1v) is 6.77. The first kappa shape index (κ1) is 14.0. The maximum atomic E-state index is 12.5. The maximum Gasteiger partial charge on any atom is 0.458 e. The van der Waals surface area contributed by atoms with Crippen molar-refractivity contribution in [2.24, 2.45) is 5.16 Å². The number of hydrogen-bond donors (Lipinski definition) is 1. The molecule has 4 nitrogen and oxygen atoms in total. The van der Waals surface area contributed by atoms with E-state index in [1.165, 1.54) is 30.5 Å². The normalized spacial score (nSPS) is 24.8. The average molecular weight is 293 g/mol. The Hall–Kier alpha value is -1.41. The van der Waals surface area contributed by atoms with Crippen LogP contribution in [0.5, 0.6) is 0 Å². The van der Waals surface area contributed by atoms with Gasteiger partial charge in [0.15, 0.2) is 0 Å². The molecule has 2 unspecified atom stereocenters. The van der Waals surface area contributed by atoms with Crippen molar-refractivity contribution in [3.05, 3.63) is 29.8 Å². The minimum Gasteiger partial charge on any atom is -0.350 e. The van der Waals surface area contributed by atoms with E-state index >= 15 is 0 Å². The number of benzene rings is 1. The summed E-state index contributed by atoms with van der Waals surface area (Å²) < 4.78 is 48.7. The summed E-state index contributed by atoms with van der Waals surface area (Å²) in [5.41, 5.74) is 0.377. The lowest BCUT2D eigenvalue weighted by Gasteiger charge is -2.22. The number of hydrogen-bond acceptors (Lipinski definition) is 4. The van der Waals surface area contributed by atoms with Crippen molar-refractivity contribution in [2.45, 2.75) is 23.3 Å². The van der Waals surface area contributed by atoms with Crippen LogP contribution in [0.3, 0.4) is 0 Å². The van der Waals surface area contributed by atoms with Crippen molar-refractivity contribution in [3.63, 3.8) is 0 Å². The van der Waals surface area contributed by atoms with E-state index in [1.807, 2.05) is 0 Å². The molecule has 1 aliphatic rings. The van der Waals surface area contributed by atoms with Crippen molar-refractivity contribution in [2.75, 3.05) is 6.26 Å². The minimum atomic E-state index is -4.91. The van der Waals surface area contributed by atoms with Crippen LogP contribution in [-0.2, 0) is 15.6 Å². The van der Waals surface area contributed by atoms with Gasteiger partial charge in [-0.25, -0.2) is 0 Å². The van der Waals surface area contributed by atoms with Crippen LogP contribution in [0.25, 0.3) is 0 Å². The predicted molar refractivity (Wildman–Crippen MR) is 62.0 cm³/mol. The van der Waals surface area contributed by atoms with Crippen molar-refractivity contribution in [1.29, 1.82) is 0 Å². The van der Waals surface area contributed by atoms with E-state index in [-0.39, 0.29) is 5.71 Å². The zero-order valence-corrected chi connectivity index (χ0v) is 10.6. The molecule has 8 heteroatoms. The molecule has 0 saturated heterocycles. The quantitative estimate of drug-likeness (QED) is 0.904. The van der Waals surface area contributed by atoms with Crippen LogP contribution in [0.4, 0.5) is 13.2 Å². The highest BCUT2D eigenvalue weighted by molar-refractivity contribution is 7.84. The molecule has 19 heavy (non-hydrogen) atoms. The van der Waals surface area contributed by atoms with Gasteiger partial charge in [0.2, 0.25) is 0 Å². The van der Waals surface area contributed by atoms with Gasteiger partial charge in [-0.15, -0.1) is 0 Å². The summed E-state index contributed by atoms with van der Waals surface area (Å²) in [5.74, 6) is -3.27. The summed E-state index contributed by atoms with van der Waals surface area (Å²) in [6.45, 7) is 0. The predicted octanol–water partition coefficient (Wildman–Crippen LogP) is 1.80. The van der Waals surface area contributed by atoms with Crippen molar-refractivity contribution in [3.8, 4) is 0 Å². The lowest BCUT2D eigenvalue weighted by Crippen LogP contribution is -2.45. The maximum absolute atomic E-state index is 12.5. The Balaban J connectivity index is 2.19. The summed E-state index contributed by atoms with van der Waals surface area (Å²) in [6.07, 6.45) is -4.19. The Kier molecular flexibility index (Phi) is 3.40. The van der Waals surface area contributed by atoms with Gasteiger partial charge in [-0.1, -0.05) is 17.3 Å². The highest BCUT2D eigenvalue weighted by atomic mass is 32.2. The lowest BCUT2D eigenvalue weighted by atomic mass is 10.0. The van der Waals surface area contributed by atoms with Crippen LogP contribution in [0.1, 0.15) is 12.0 Å². The molecule has 0 aromatic heterocycles. The fraction of sp³-hybridized carbons (Fsp3) is 0.364. The van der Waals surface area contributed by atoms with Gasteiger partial charge in [-0.3, -0.25) is 4.21 Å². The fourth-order valence-corrected chi connectivity index (χ4v) is 2.09. The van der Waals surface area contributed by atoms with E-state index in [9.17, 15) is 22.5 Å². The SMILES string of the molecule is CS(=O)c1ccc(C2=NOC(O)(C(F)(F)F)C2)cc1. The van der Waals surface area contributed by atoms with Crippen LogP contribution in [0.15, 0.2) is 34.3 Å². The third-order valence-corrected chi connectivity index (χ3v) is 3.61. The van der Waals surface area contributed by atoms with Gasteiger partial charge >= 0.3 is 12.0 Å². The highest BCUT2D eigenvalue weighted by Crippen LogP contribution is 2.38. The molecular weight excluding hydrogens is 283 g/mol. The molecule has 1 aromatic carbocycles. The second kappa shape index (κ2) is 4.61. The van der Waals surface area contributed by atoms with Gasteiger partial charge in [0, 0.05) is 22.0 Å². The van der Waals surface area contributed by atoms with Crippen LogP contribution >= 0.6 is 0 Å². The Labute approximate surface area is 109 Å². The van der Waals surface area contributed by atoms with Crippen LogP contribution < -0.4 is 0 Å². The van der Waals surface area contributed by atoms with Gasteiger partial charge in [-0.05, 0) is 17.7 Å². The van der Waals surface area contributed by atoms with Gasteiger partial charge in [-0.2, -0.15) is 13.2 Å². The largest absolute Gasteiger partial charge is 0.458 e. The van der Waals surface area contributed by atoms with Crippen LogP contribution in [0, 0.1) is 0 Å². The van der Waals surface area contributed by atoms with Crippen LogP contribution in [-0.4, -0.2) is 33.2 Å². The Morgan fingerprint density at radius 3 is 2.37 bits per heavy atom. The summed E-state index contributed by atoms with van der Waals surface area (Å²) in [7, 11) is -1.17. The smallest absolute Gasteiger partial charge is 0.350 e. The second-order valence-corrected chi connectivity index (χ2v) is 5.45. The molecule has 1 N–H and O–H groups in total. The van der Waals surface area contributed by atoms with Gasteiger partial charge in [0.05, 0.1) is 12.1 Å². The number of alkyl halides is 3. The van der Waals surface area contributed by atoms with E-state index in [0.29, 0.717) is 10.5 Å². The van der Waals surface area contributed by atoms with E-state index in [2.05, 4.69) is 9.99 Å². The fourth-order valence-electron chi connectivity index (χ4n) is 1.57. The summed E-state index contributed by atoms with van der Waals surface area (Å²) in [6, 6.07) is 6.03. The molecule has 1 heterocycles. The summed E-state index contributed by atoms with van der Waals surface area (Å²) in [4.78, 5) is 4.66. The number of nitrogens with zero attached hydrogens (tertiary/aromatic N) is 1. The lowest BCUT2D eigenvalue weighted by molar-refractivity contribution is -0.355. The monoisotopic (exact) mass is 293 g/mol.